The summed E-state index contributed by atoms with van der Waals surface area (Å²) in [6.45, 7) is 4.14. The molecule has 0 atom stereocenters. The number of carbonyl (C=O) groups excluding carboxylic acids is 1. The highest BCUT2D eigenvalue weighted by atomic mass is 79.9. The molecule has 0 fully saturated rings. The lowest BCUT2D eigenvalue weighted by molar-refractivity contribution is -0.138. The van der Waals surface area contributed by atoms with Crippen LogP contribution in [0.15, 0.2) is 40.4 Å². The molecule has 0 bridgehead atoms. The van der Waals surface area contributed by atoms with Crippen LogP contribution >= 0.6 is 15.9 Å². The number of esters is 1. The van der Waals surface area contributed by atoms with Crippen molar-refractivity contribution in [3.63, 3.8) is 0 Å². The van der Waals surface area contributed by atoms with Gasteiger partial charge in [-0.15, -0.1) is 0 Å². The molecule has 0 spiro atoms. The van der Waals surface area contributed by atoms with Crippen LogP contribution < -0.4 is 4.74 Å². The second-order valence-corrected chi connectivity index (χ2v) is 4.11. The summed E-state index contributed by atoms with van der Waals surface area (Å²) in [6.07, 6.45) is 1.70. The predicted molar refractivity (Wildman–Crippen MR) is 70.0 cm³/mol. The van der Waals surface area contributed by atoms with Gasteiger partial charge >= 0.3 is 5.97 Å². The number of ether oxygens (including phenoxy) is 2. The van der Waals surface area contributed by atoms with Crippen LogP contribution in [0.25, 0.3) is 0 Å². The standard InChI is InChI=1S/C13H15BrO3/c1-3-10(13(15)16-4-2)9-17-12-8-6-5-7-11(12)14/h3,5-8H,4,9H2,1-2H3/b10-3-. The summed E-state index contributed by atoms with van der Waals surface area (Å²) in [5.74, 6) is 0.373. The van der Waals surface area contributed by atoms with Gasteiger partial charge in [-0.25, -0.2) is 4.79 Å². The Labute approximate surface area is 110 Å². The second-order valence-electron chi connectivity index (χ2n) is 3.25. The molecule has 0 aliphatic rings. The summed E-state index contributed by atoms with van der Waals surface area (Å²) in [7, 11) is 0. The summed E-state index contributed by atoms with van der Waals surface area (Å²) < 4.78 is 11.3. The van der Waals surface area contributed by atoms with Gasteiger partial charge in [-0.3, -0.25) is 0 Å². The molecule has 0 amide bonds. The van der Waals surface area contributed by atoms with Crippen molar-refractivity contribution < 1.29 is 14.3 Å². The van der Waals surface area contributed by atoms with E-state index in [0.29, 0.717) is 17.9 Å². The van der Waals surface area contributed by atoms with E-state index in [9.17, 15) is 4.79 Å². The van der Waals surface area contributed by atoms with Gasteiger partial charge in [-0.1, -0.05) is 18.2 Å². The fourth-order valence-electron chi connectivity index (χ4n) is 1.20. The molecule has 0 N–H and O–H groups in total. The normalized spacial score (nSPS) is 11.1. The molecule has 0 aliphatic heterocycles. The Hall–Kier alpha value is -1.29. The molecule has 1 aromatic carbocycles. The molecule has 1 aromatic rings. The molecular formula is C13H15BrO3. The molecule has 0 aromatic heterocycles. The Morgan fingerprint density at radius 2 is 2.12 bits per heavy atom. The van der Waals surface area contributed by atoms with Crippen molar-refractivity contribution in [1.82, 2.24) is 0 Å². The van der Waals surface area contributed by atoms with Gasteiger partial charge in [0.05, 0.1) is 16.7 Å². The first-order valence-corrected chi connectivity index (χ1v) is 6.18. The lowest BCUT2D eigenvalue weighted by Gasteiger charge is -2.10. The van der Waals surface area contributed by atoms with Gasteiger partial charge < -0.3 is 9.47 Å². The number of hydrogen-bond donors (Lipinski definition) is 0. The number of halogens is 1. The Balaban J connectivity index is 2.60. The minimum atomic E-state index is -0.331. The van der Waals surface area contributed by atoms with Gasteiger partial charge in [0.1, 0.15) is 12.4 Å². The molecule has 17 heavy (non-hydrogen) atoms. The predicted octanol–water partition coefficient (Wildman–Crippen LogP) is 3.34. The van der Waals surface area contributed by atoms with Gasteiger partial charge in [-0.05, 0) is 41.9 Å². The van der Waals surface area contributed by atoms with Crippen LogP contribution in [0.1, 0.15) is 13.8 Å². The minimum absolute atomic E-state index is 0.206. The largest absolute Gasteiger partial charge is 0.487 e. The molecular weight excluding hydrogens is 284 g/mol. The zero-order valence-corrected chi connectivity index (χ0v) is 11.5. The third kappa shape index (κ3) is 4.23. The average Bonchev–Trinajstić information content (AvgIpc) is 2.32. The van der Waals surface area contributed by atoms with E-state index < -0.39 is 0 Å². The van der Waals surface area contributed by atoms with E-state index >= 15 is 0 Å². The Bertz CT molecular complexity index is 413. The summed E-state index contributed by atoms with van der Waals surface area (Å²) in [4.78, 5) is 11.5. The number of benzene rings is 1. The van der Waals surface area contributed by atoms with Crippen molar-refractivity contribution >= 4 is 21.9 Å². The summed E-state index contributed by atoms with van der Waals surface area (Å²) in [5.41, 5.74) is 0.516. The average molecular weight is 299 g/mol. The van der Waals surface area contributed by atoms with E-state index in [-0.39, 0.29) is 12.6 Å². The summed E-state index contributed by atoms with van der Waals surface area (Å²) in [5, 5.41) is 0. The quantitative estimate of drug-likeness (QED) is 0.618. The molecule has 0 saturated carbocycles. The molecule has 92 valence electrons. The topological polar surface area (TPSA) is 35.5 Å². The third-order valence-corrected chi connectivity index (χ3v) is 2.76. The van der Waals surface area contributed by atoms with E-state index in [1.165, 1.54) is 0 Å². The fourth-order valence-corrected chi connectivity index (χ4v) is 1.60. The smallest absolute Gasteiger partial charge is 0.337 e. The molecule has 0 saturated heterocycles. The van der Waals surface area contributed by atoms with Crippen LogP contribution in [0.4, 0.5) is 0 Å². The van der Waals surface area contributed by atoms with E-state index in [1.54, 1.807) is 19.9 Å². The highest BCUT2D eigenvalue weighted by molar-refractivity contribution is 9.10. The zero-order chi connectivity index (χ0) is 12.7. The minimum Gasteiger partial charge on any atom is -0.487 e. The van der Waals surface area contributed by atoms with E-state index in [2.05, 4.69) is 15.9 Å². The van der Waals surface area contributed by atoms with Crippen LogP contribution in [0, 0.1) is 0 Å². The Kier molecular flexibility index (Phi) is 5.77. The number of para-hydroxylation sites is 1. The Morgan fingerprint density at radius 3 is 2.71 bits per heavy atom. The SMILES string of the molecule is C/C=C(/COc1ccccc1Br)C(=O)OCC. The molecule has 0 unspecified atom stereocenters. The monoisotopic (exact) mass is 298 g/mol. The van der Waals surface area contributed by atoms with Crippen LogP contribution in [0.2, 0.25) is 0 Å². The number of hydrogen-bond acceptors (Lipinski definition) is 3. The summed E-state index contributed by atoms with van der Waals surface area (Å²) >= 11 is 3.38. The van der Waals surface area contributed by atoms with Crippen molar-refractivity contribution in [2.45, 2.75) is 13.8 Å². The van der Waals surface area contributed by atoms with Gasteiger partial charge in [-0.2, -0.15) is 0 Å². The maximum atomic E-state index is 11.5. The molecule has 0 aliphatic carbocycles. The number of allylic oxidation sites excluding steroid dienone is 1. The number of carbonyl (C=O) groups is 1. The fraction of sp³-hybridized carbons (Fsp3) is 0.308. The van der Waals surface area contributed by atoms with Crippen molar-refractivity contribution in [3.8, 4) is 5.75 Å². The van der Waals surface area contributed by atoms with Crippen molar-refractivity contribution in [3.05, 3.63) is 40.4 Å². The number of rotatable bonds is 5. The van der Waals surface area contributed by atoms with Gasteiger partial charge in [0, 0.05) is 0 Å². The van der Waals surface area contributed by atoms with Gasteiger partial charge in [0.25, 0.3) is 0 Å². The first-order chi connectivity index (χ1) is 8.19. The van der Waals surface area contributed by atoms with Gasteiger partial charge in [0.15, 0.2) is 0 Å². The maximum absolute atomic E-state index is 11.5. The van der Waals surface area contributed by atoms with Crippen molar-refractivity contribution in [2.75, 3.05) is 13.2 Å². The highest BCUT2D eigenvalue weighted by Gasteiger charge is 2.10. The zero-order valence-electron chi connectivity index (χ0n) is 9.90. The van der Waals surface area contributed by atoms with E-state index in [0.717, 1.165) is 4.47 Å². The van der Waals surface area contributed by atoms with E-state index in [1.807, 2.05) is 24.3 Å². The lowest BCUT2D eigenvalue weighted by atomic mass is 10.2. The van der Waals surface area contributed by atoms with Crippen LogP contribution in [-0.4, -0.2) is 19.2 Å². The molecule has 4 heteroatoms. The maximum Gasteiger partial charge on any atom is 0.337 e. The first kappa shape index (κ1) is 13.8. The first-order valence-electron chi connectivity index (χ1n) is 5.38. The second kappa shape index (κ2) is 7.12. The van der Waals surface area contributed by atoms with Crippen molar-refractivity contribution in [1.29, 1.82) is 0 Å². The summed E-state index contributed by atoms with van der Waals surface area (Å²) in [6, 6.07) is 7.50. The third-order valence-electron chi connectivity index (χ3n) is 2.11. The Morgan fingerprint density at radius 1 is 1.41 bits per heavy atom. The molecule has 1 rings (SSSR count). The van der Waals surface area contributed by atoms with Crippen LogP contribution in [0.3, 0.4) is 0 Å². The van der Waals surface area contributed by atoms with Gasteiger partial charge in [0.2, 0.25) is 0 Å². The highest BCUT2D eigenvalue weighted by Crippen LogP contribution is 2.24. The van der Waals surface area contributed by atoms with Crippen LogP contribution in [0.5, 0.6) is 5.75 Å². The van der Waals surface area contributed by atoms with E-state index in [4.69, 9.17) is 9.47 Å². The van der Waals surface area contributed by atoms with Crippen molar-refractivity contribution in [2.24, 2.45) is 0 Å². The molecule has 3 nitrogen and oxygen atoms in total. The molecule has 0 heterocycles. The molecule has 0 radical (unpaired) electrons. The van der Waals surface area contributed by atoms with Crippen LogP contribution in [-0.2, 0) is 9.53 Å². The lowest BCUT2D eigenvalue weighted by Crippen LogP contribution is -2.14.